The average Bonchev–Trinajstić information content (AvgIpc) is 2.62. The molecular weight excluding hydrogens is 282 g/mol. The number of hydrogen-bond donors (Lipinski definition) is 1. The Labute approximate surface area is 140 Å². The third-order valence-corrected chi connectivity index (χ3v) is 4.46. The number of aryl methyl sites for hydroxylation is 1. The van der Waals surface area contributed by atoms with E-state index < -0.39 is 0 Å². The van der Waals surface area contributed by atoms with E-state index in [2.05, 4.69) is 48.5 Å². The normalized spacial score (nSPS) is 12.1. The fourth-order valence-corrected chi connectivity index (χ4v) is 3.03. The lowest BCUT2D eigenvalue weighted by molar-refractivity contribution is 0.413. The van der Waals surface area contributed by atoms with Crippen LogP contribution in [0, 0.1) is 0 Å². The van der Waals surface area contributed by atoms with Gasteiger partial charge < -0.3 is 10.5 Å². The summed E-state index contributed by atoms with van der Waals surface area (Å²) in [6.45, 7) is 0.706. The molecule has 0 bridgehead atoms. The maximum atomic E-state index is 5.97. The molecule has 1 unspecified atom stereocenters. The predicted octanol–water partition coefficient (Wildman–Crippen LogP) is 4.93. The molecule has 0 aliphatic rings. The molecule has 23 heavy (non-hydrogen) atoms. The molecule has 0 aliphatic heterocycles. The van der Waals surface area contributed by atoms with Gasteiger partial charge in [-0.25, -0.2) is 0 Å². The van der Waals surface area contributed by atoms with Gasteiger partial charge in [-0.2, -0.15) is 0 Å². The highest BCUT2D eigenvalue weighted by molar-refractivity contribution is 5.31. The van der Waals surface area contributed by atoms with Gasteiger partial charge in [-0.1, -0.05) is 61.7 Å². The van der Waals surface area contributed by atoms with Gasteiger partial charge in [0, 0.05) is 0 Å². The van der Waals surface area contributed by atoms with Gasteiger partial charge >= 0.3 is 0 Å². The first-order chi connectivity index (χ1) is 11.3. The van der Waals surface area contributed by atoms with E-state index in [4.69, 9.17) is 10.5 Å². The zero-order chi connectivity index (χ0) is 16.3. The van der Waals surface area contributed by atoms with Crippen LogP contribution in [0.4, 0.5) is 0 Å². The molecule has 0 spiro atoms. The quantitative estimate of drug-likeness (QED) is 0.631. The van der Waals surface area contributed by atoms with Crippen LogP contribution >= 0.6 is 0 Å². The lowest BCUT2D eigenvalue weighted by Gasteiger charge is -2.16. The zero-order valence-corrected chi connectivity index (χ0v) is 14.2. The second-order valence-corrected chi connectivity index (χ2v) is 6.15. The van der Waals surface area contributed by atoms with Crippen LogP contribution in [0.1, 0.15) is 49.1 Å². The van der Waals surface area contributed by atoms with Crippen molar-refractivity contribution >= 4 is 0 Å². The summed E-state index contributed by atoms with van der Waals surface area (Å²) in [4.78, 5) is 0. The van der Waals surface area contributed by atoms with Crippen LogP contribution in [0.25, 0.3) is 0 Å². The smallest absolute Gasteiger partial charge is 0.119 e. The molecular formula is C21H29NO. The van der Waals surface area contributed by atoms with Gasteiger partial charge in [-0.05, 0) is 55.0 Å². The Balaban J connectivity index is 1.67. The van der Waals surface area contributed by atoms with E-state index in [0.29, 0.717) is 12.5 Å². The summed E-state index contributed by atoms with van der Waals surface area (Å²) in [5.74, 6) is 1.36. The monoisotopic (exact) mass is 311 g/mol. The van der Waals surface area contributed by atoms with Gasteiger partial charge in [0.2, 0.25) is 0 Å². The van der Waals surface area contributed by atoms with E-state index in [9.17, 15) is 0 Å². The molecule has 2 nitrogen and oxygen atoms in total. The van der Waals surface area contributed by atoms with Gasteiger partial charge in [-0.3, -0.25) is 0 Å². The van der Waals surface area contributed by atoms with Crippen molar-refractivity contribution in [3.05, 3.63) is 65.7 Å². The third kappa shape index (κ3) is 6.07. The highest BCUT2D eigenvalue weighted by Crippen LogP contribution is 2.25. The molecule has 0 aliphatic carbocycles. The molecule has 0 radical (unpaired) electrons. The van der Waals surface area contributed by atoms with Crippen LogP contribution in [-0.4, -0.2) is 13.7 Å². The Morgan fingerprint density at radius 3 is 2.43 bits per heavy atom. The Bertz CT molecular complexity index is 553. The van der Waals surface area contributed by atoms with Gasteiger partial charge in [0.25, 0.3) is 0 Å². The highest BCUT2D eigenvalue weighted by atomic mass is 16.5. The minimum atomic E-state index is 0.444. The Hall–Kier alpha value is -1.80. The van der Waals surface area contributed by atoms with E-state index in [1.165, 1.54) is 43.2 Å². The van der Waals surface area contributed by atoms with E-state index in [0.717, 1.165) is 12.2 Å². The molecule has 2 rings (SSSR count). The molecule has 2 aromatic carbocycles. The topological polar surface area (TPSA) is 35.2 Å². The molecule has 0 fully saturated rings. The molecule has 0 amide bonds. The van der Waals surface area contributed by atoms with Crippen molar-refractivity contribution in [2.24, 2.45) is 5.73 Å². The average molecular weight is 311 g/mol. The van der Waals surface area contributed by atoms with E-state index >= 15 is 0 Å². The summed E-state index contributed by atoms with van der Waals surface area (Å²) >= 11 is 0. The Morgan fingerprint density at radius 2 is 1.70 bits per heavy atom. The lowest BCUT2D eigenvalue weighted by Crippen LogP contribution is -2.12. The summed E-state index contributed by atoms with van der Waals surface area (Å²) in [6, 6.07) is 19.1. The van der Waals surface area contributed by atoms with Crippen molar-refractivity contribution in [2.75, 3.05) is 13.7 Å². The number of unbranched alkanes of at least 4 members (excludes halogenated alkanes) is 3. The van der Waals surface area contributed by atoms with Crippen LogP contribution < -0.4 is 10.5 Å². The van der Waals surface area contributed by atoms with E-state index in [1.54, 1.807) is 7.11 Å². The maximum absolute atomic E-state index is 5.97. The van der Waals surface area contributed by atoms with Crippen LogP contribution in [0.2, 0.25) is 0 Å². The molecule has 2 aromatic rings. The van der Waals surface area contributed by atoms with E-state index in [-0.39, 0.29) is 0 Å². The third-order valence-electron chi connectivity index (χ3n) is 4.46. The van der Waals surface area contributed by atoms with Crippen LogP contribution in [0.3, 0.4) is 0 Å². The minimum Gasteiger partial charge on any atom is -0.497 e. The molecule has 0 aromatic heterocycles. The number of benzene rings is 2. The molecule has 0 saturated carbocycles. The van der Waals surface area contributed by atoms with Crippen molar-refractivity contribution in [1.29, 1.82) is 0 Å². The summed E-state index contributed by atoms with van der Waals surface area (Å²) < 4.78 is 5.31. The highest BCUT2D eigenvalue weighted by Gasteiger charge is 2.10. The molecule has 2 N–H and O–H groups in total. The first-order valence-corrected chi connectivity index (χ1v) is 8.71. The van der Waals surface area contributed by atoms with Crippen LogP contribution in [0.15, 0.2) is 54.6 Å². The number of ether oxygens (including phenoxy) is 1. The van der Waals surface area contributed by atoms with Gasteiger partial charge in [0.1, 0.15) is 5.75 Å². The predicted molar refractivity (Wildman–Crippen MR) is 98.0 cm³/mol. The van der Waals surface area contributed by atoms with Crippen LogP contribution in [0.5, 0.6) is 5.75 Å². The lowest BCUT2D eigenvalue weighted by atomic mass is 9.92. The standard InChI is InChI=1S/C21H29NO/c1-23-21-15-9-14-19(16-21)20(17-22)13-8-3-2-5-10-18-11-6-4-7-12-18/h4,6-7,9,11-12,14-16,20H,2-3,5,8,10,13,17,22H2,1H3. The first-order valence-electron chi connectivity index (χ1n) is 8.71. The minimum absolute atomic E-state index is 0.444. The number of methoxy groups -OCH3 is 1. The molecule has 124 valence electrons. The second kappa shape index (κ2) is 10.1. The van der Waals surface area contributed by atoms with Crippen molar-refractivity contribution in [2.45, 2.75) is 44.4 Å². The number of rotatable bonds is 10. The molecule has 2 heteroatoms. The summed E-state index contributed by atoms with van der Waals surface area (Å²) in [6.07, 6.45) is 7.45. The van der Waals surface area contributed by atoms with Gasteiger partial charge in [0.15, 0.2) is 0 Å². The van der Waals surface area contributed by atoms with E-state index in [1.807, 2.05) is 6.07 Å². The van der Waals surface area contributed by atoms with Gasteiger partial charge in [-0.15, -0.1) is 0 Å². The van der Waals surface area contributed by atoms with Gasteiger partial charge in [0.05, 0.1) is 7.11 Å². The SMILES string of the molecule is COc1cccc(C(CN)CCCCCCc2ccccc2)c1. The summed E-state index contributed by atoms with van der Waals surface area (Å²) in [7, 11) is 1.71. The fourth-order valence-electron chi connectivity index (χ4n) is 3.03. The Kier molecular flexibility index (Phi) is 7.68. The second-order valence-electron chi connectivity index (χ2n) is 6.15. The molecule has 0 heterocycles. The maximum Gasteiger partial charge on any atom is 0.119 e. The fraction of sp³-hybridized carbons (Fsp3) is 0.429. The largest absolute Gasteiger partial charge is 0.497 e. The molecule has 1 atom stereocenters. The number of nitrogens with two attached hydrogens (primary N) is 1. The van der Waals surface area contributed by atoms with Crippen molar-refractivity contribution in [1.82, 2.24) is 0 Å². The molecule has 0 saturated heterocycles. The van der Waals surface area contributed by atoms with Crippen LogP contribution in [-0.2, 0) is 6.42 Å². The summed E-state index contributed by atoms with van der Waals surface area (Å²) in [5.41, 5.74) is 8.72. The van der Waals surface area contributed by atoms with Crippen molar-refractivity contribution < 1.29 is 4.74 Å². The van der Waals surface area contributed by atoms with Crippen molar-refractivity contribution in [3.8, 4) is 5.75 Å². The Morgan fingerprint density at radius 1 is 0.913 bits per heavy atom. The number of hydrogen-bond acceptors (Lipinski definition) is 2. The summed E-state index contributed by atoms with van der Waals surface area (Å²) in [5, 5.41) is 0. The van der Waals surface area contributed by atoms with Crippen molar-refractivity contribution in [3.63, 3.8) is 0 Å². The zero-order valence-electron chi connectivity index (χ0n) is 14.2. The first kappa shape index (κ1) is 17.6.